The Morgan fingerprint density at radius 2 is 1.48 bits per heavy atom. The maximum atomic E-state index is 12.1. The molecule has 0 spiro atoms. The predicted octanol–water partition coefficient (Wildman–Crippen LogP) is 7.88. The minimum Gasteiger partial charge on any atom is -0.166 e. The molecule has 0 radical (unpaired) electrons. The fraction of sp³-hybridized carbons (Fsp3) is 0.368. The first kappa shape index (κ1) is 24.0. The van der Waals surface area contributed by atoms with Crippen molar-refractivity contribution in [1.29, 1.82) is 0 Å². The van der Waals surface area contributed by atoms with Crippen LogP contribution in [0.1, 0.15) is 51.7 Å². The molecule has 0 unspecified atom stereocenters. The molecule has 0 aliphatic heterocycles. The number of hydrogen-bond donors (Lipinski definition) is 0. The van der Waals surface area contributed by atoms with Gasteiger partial charge in [0.2, 0.25) is 0 Å². The van der Waals surface area contributed by atoms with Gasteiger partial charge in [0.15, 0.2) is 0 Å². The van der Waals surface area contributed by atoms with E-state index in [1.807, 2.05) is 46.8 Å². The standard InChI is InChI=1S/C10H11F3.C7H9Br.C2H6/c1-7(2)8-3-5-9(6-4-8)10(11,12)13;1-6(2)4-5-7(3)8;1-2/h3-7H,1-2H3;4-5H,1,3H2,2H3;1-2H3/b;5-4-;. The highest BCUT2D eigenvalue weighted by Crippen LogP contribution is 2.29. The highest BCUT2D eigenvalue weighted by molar-refractivity contribution is 9.11. The van der Waals surface area contributed by atoms with Crippen molar-refractivity contribution in [2.24, 2.45) is 0 Å². The molecule has 130 valence electrons. The Morgan fingerprint density at radius 1 is 1.04 bits per heavy atom. The maximum absolute atomic E-state index is 12.1. The molecular weight excluding hydrogens is 365 g/mol. The largest absolute Gasteiger partial charge is 0.416 e. The third kappa shape index (κ3) is 12.9. The van der Waals surface area contributed by atoms with Gasteiger partial charge >= 0.3 is 6.18 Å². The number of benzene rings is 1. The molecule has 0 aliphatic carbocycles. The van der Waals surface area contributed by atoms with Crippen LogP contribution in [-0.4, -0.2) is 0 Å². The summed E-state index contributed by atoms with van der Waals surface area (Å²) in [7, 11) is 0. The van der Waals surface area contributed by atoms with E-state index in [1.165, 1.54) is 12.1 Å². The van der Waals surface area contributed by atoms with Gasteiger partial charge in [0.05, 0.1) is 5.56 Å². The second-order valence-corrected chi connectivity index (χ2v) is 5.92. The van der Waals surface area contributed by atoms with Gasteiger partial charge in [0.1, 0.15) is 0 Å². The average Bonchev–Trinajstić information content (AvgIpc) is 2.47. The van der Waals surface area contributed by atoms with Crippen molar-refractivity contribution in [3.63, 3.8) is 0 Å². The van der Waals surface area contributed by atoms with E-state index in [-0.39, 0.29) is 5.92 Å². The van der Waals surface area contributed by atoms with E-state index in [1.54, 1.807) is 0 Å². The molecule has 1 aromatic rings. The highest BCUT2D eigenvalue weighted by Gasteiger charge is 2.29. The fourth-order valence-corrected chi connectivity index (χ4v) is 1.42. The minimum absolute atomic E-state index is 0.266. The molecule has 0 bridgehead atoms. The average molecular weight is 391 g/mol. The Hall–Kier alpha value is -1.29. The highest BCUT2D eigenvalue weighted by atomic mass is 79.9. The van der Waals surface area contributed by atoms with E-state index in [2.05, 4.69) is 29.1 Å². The molecular formula is C19H26BrF3. The lowest BCUT2D eigenvalue weighted by atomic mass is 10.0. The monoisotopic (exact) mass is 390 g/mol. The molecule has 0 aliphatic rings. The van der Waals surface area contributed by atoms with Gasteiger partial charge in [-0.15, -0.1) is 0 Å². The van der Waals surface area contributed by atoms with Crippen LogP contribution in [0.4, 0.5) is 13.2 Å². The quantitative estimate of drug-likeness (QED) is 0.460. The van der Waals surface area contributed by atoms with E-state index in [4.69, 9.17) is 0 Å². The zero-order valence-electron chi connectivity index (χ0n) is 14.5. The smallest absolute Gasteiger partial charge is 0.166 e. The van der Waals surface area contributed by atoms with Crippen molar-refractivity contribution < 1.29 is 13.2 Å². The first-order valence-corrected chi connectivity index (χ1v) is 8.18. The van der Waals surface area contributed by atoms with Crippen LogP contribution < -0.4 is 0 Å². The Kier molecular flexibility index (Phi) is 12.7. The van der Waals surface area contributed by atoms with Crippen LogP contribution in [0.3, 0.4) is 0 Å². The van der Waals surface area contributed by atoms with Gasteiger partial charge in [-0.2, -0.15) is 13.2 Å². The normalized spacial score (nSPS) is 10.5. The molecule has 4 heteroatoms. The van der Waals surface area contributed by atoms with Crippen LogP contribution in [0.5, 0.6) is 0 Å². The molecule has 0 aromatic heterocycles. The van der Waals surface area contributed by atoms with Crippen LogP contribution in [0.15, 0.2) is 59.6 Å². The summed E-state index contributed by atoms with van der Waals surface area (Å²) in [6.45, 7) is 17.1. The zero-order valence-corrected chi connectivity index (χ0v) is 16.1. The summed E-state index contributed by atoms with van der Waals surface area (Å²) < 4.78 is 37.2. The topological polar surface area (TPSA) is 0 Å². The van der Waals surface area contributed by atoms with Crippen molar-refractivity contribution in [1.82, 2.24) is 0 Å². The van der Waals surface area contributed by atoms with E-state index in [0.29, 0.717) is 0 Å². The van der Waals surface area contributed by atoms with Gasteiger partial charge in [-0.3, -0.25) is 0 Å². The van der Waals surface area contributed by atoms with Gasteiger partial charge in [-0.25, -0.2) is 0 Å². The van der Waals surface area contributed by atoms with Crippen molar-refractivity contribution >= 4 is 15.9 Å². The van der Waals surface area contributed by atoms with Crippen LogP contribution in [0.2, 0.25) is 0 Å². The summed E-state index contributed by atoms with van der Waals surface area (Å²) in [5.74, 6) is 0.266. The van der Waals surface area contributed by atoms with Gasteiger partial charge < -0.3 is 0 Å². The lowest BCUT2D eigenvalue weighted by molar-refractivity contribution is -0.137. The Bertz CT molecular complexity index is 478. The van der Waals surface area contributed by atoms with Gasteiger partial charge in [-0.1, -0.05) is 80.6 Å². The molecule has 0 N–H and O–H groups in total. The predicted molar refractivity (Wildman–Crippen MR) is 98.9 cm³/mol. The van der Waals surface area contributed by atoms with Crippen molar-refractivity contribution in [2.75, 3.05) is 0 Å². The Balaban J connectivity index is 0. The summed E-state index contributed by atoms with van der Waals surface area (Å²) in [6.07, 6.45) is -0.463. The lowest BCUT2D eigenvalue weighted by Crippen LogP contribution is -2.04. The van der Waals surface area contributed by atoms with Crippen LogP contribution in [0, 0.1) is 0 Å². The van der Waals surface area contributed by atoms with Gasteiger partial charge in [0, 0.05) is 4.48 Å². The second-order valence-electron chi connectivity index (χ2n) is 4.90. The van der Waals surface area contributed by atoms with E-state index < -0.39 is 11.7 Å². The number of rotatable bonds is 3. The van der Waals surface area contributed by atoms with E-state index >= 15 is 0 Å². The van der Waals surface area contributed by atoms with Crippen LogP contribution >= 0.6 is 15.9 Å². The third-order valence-corrected chi connectivity index (χ3v) is 2.72. The minimum atomic E-state index is -4.23. The lowest BCUT2D eigenvalue weighted by Gasteiger charge is -2.09. The van der Waals surface area contributed by atoms with Gasteiger partial charge in [0.25, 0.3) is 0 Å². The molecule has 0 saturated heterocycles. The van der Waals surface area contributed by atoms with Crippen LogP contribution in [-0.2, 0) is 6.18 Å². The zero-order chi connectivity index (χ0) is 18.6. The number of halogens is 4. The Labute approximate surface area is 146 Å². The molecule has 0 saturated carbocycles. The molecule has 23 heavy (non-hydrogen) atoms. The molecule has 0 nitrogen and oxygen atoms in total. The number of alkyl halides is 3. The van der Waals surface area contributed by atoms with Crippen molar-refractivity contribution in [3.05, 3.63) is 70.8 Å². The van der Waals surface area contributed by atoms with E-state index in [9.17, 15) is 13.2 Å². The van der Waals surface area contributed by atoms with Crippen LogP contribution in [0.25, 0.3) is 0 Å². The SMILES string of the molecule is C=C(C)/C=C\C(=C)Br.CC.CC(C)c1ccc(C(F)(F)F)cc1. The third-order valence-electron chi connectivity index (χ3n) is 2.45. The van der Waals surface area contributed by atoms with Crippen molar-refractivity contribution in [2.45, 2.75) is 46.7 Å². The maximum Gasteiger partial charge on any atom is 0.416 e. The number of hydrogen-bond acceptors (Lipinski definition) is 0. The molecule has 1 rings (SSSR count). The summed E-state index contributed by atoms with van der Waals surface area (Å²) >= 11 is 3.18. The number of allylic oxidation sites excluding steroid dienone is 4. The second kappa shape index (κ2) is 12.2. The summed E-state index contributed by atoms with van der Waals surface area (Å²) in [6, 6.07) is 5.28. The summed E-state index contributed by atoms with van der Waals surface area (Å²) in [4.78, 5) is 0. The molecule has 0 heterocycles. The molecule has 0 amide bonds. The summed E-state index contributed by atoms with van der Waals surface area (Å²) in [5.41, 5.74) is 1.37. The molecule has 0 fully saturated rings. The summed E-state index contributed by atoms with van der Waals surface area (Å²) in [5, 5.41) is 0. The first-order chi connectivity index (χ1) is 10.5. The molecule has 1 aromatic carbocycles. The molecule has 0 atom stereocenters. The Morgan fingerprint density at radius 3 is 1.70 bits per heavy atom. The van der Waals surface area contributed by atoms with Gasteiger partial charge in [-0.05, 0) is 36.6 Å². The van der Waals surface area contributed by atoms with Crippen molar-refractivity contribution in [3.8, 4) is 0 Å². The van der Waals surface area contributed by atoms with E-state index in [0.717, 1.165) is 27.8 Å². The fourth-order valence-electron chi connectivity index (χ4n) is 1.29. The first-order valence-electron chi connectivity index (χ1n) is 7.39.